The first kappa shape index (κ1) is 15.7. The maximum absolute atomic E-state index is 12.2. The molecule has 5 heteroatoms. The standard InChI is InChI=1S/C14H22O5/c1-4-10-9-14(8-7-11(10)15,12(16)18-5-2)13(17)19-6-3/h4,10-11,15H,1,5-9H2,2-3H3/t10-,11+/m0/s1. The van der Waals surface area contributed by atoms with E-state index in [1.165, 1.54) is 0 Å². The van der Waals surface area contributed by atoms with Crippen LogP contribution in [0, 0.1) is 11.3 Å². The van der Waals surface area contributed by atoms with Crippen molar-refractivity contribution in [3.8, 4) is 0 Å². The van der Waals surface area contributed by atoms with Crippen molar-refractivity contribution in [3.63, 3.8) is 0 Å². The van der Waals surface area contributed by atoms with Gasteiger partial charge in [-0.2, -0.15) is 0 Å². The van der Waals surface area contributed by atoms with Crippen LogP contribution < -0.4 is 0 Å². The Balaban J connectivity index is 3.02. The van der Waals surface area contributed by atoms with Crippen LogP contribution in [0.4, 0.5) is 0 Å². The molecule has 0 spiro atoms. The Kier molecular flexibility index (Phi) is 5.54. The van der Waals surface area contributed by atoms with Crippen LogP contribution in [0.1, 0.15) is 33.1 Å². The van der Waals surface area contributed by atoms with Gasteiger partial charge in [-0.15, -0.1) is 6.58 Å². The number of aliphatic hydroxyl groups is 1. The van der Waals surface area contributed by atoms with E-state index in [9.17, 15) is 14.7 Å². The molecule has 1 fully saturated rings. The molecule has 1 N–H and O–H groups in total. The van der Waals surface area contributed by atoms with Crippen LogP contribution in [0.3, 0.4) is 0 Å². The molecule has 0 aromatic carbocycles. The topological polar surface area (TPSA) is 72.8 Å². The maximum atomic E-state index is 12.2. The van der Waals surface area contributed by atoms with E-state index < -0.39 is 23.5 Å². The van der Waals surface area contributed by atoms with E-state index in [0.29, 0.717) is 6.42 Å². The van der Waals surface area contributed by atoms with Gasteiger partial charge in [0.05, 0.1) is 19.3 Å². The summed E-state index contributed by atoms with van der Waals surface area (Å²) in [6.07, 6.45) is 1.80. The zero-order chi connectivity index (χ0) is 14.5. The third kappa shape index (κ3) is 3.15. The normalized spacial score (nSPS) is 25.4. The zero-order valence-corrected chi connectivity index (χ0v) is 11.6. The molecule has 0 heterocycles. The van der Waals surface area contributed by atoms with Crippen molar-refractivity contribution in [1.29, 1.82) is 0 Å². The van der Waals surface area contributed by atoms with Crippen molar-refractivity contribution in [1.82, 2.24) is 0 Å². The highest BCUT2D eigenvalue weighted by Crippen LogP contribution is 2.42. The average Bonchev–Trinajstić information content (AvgIpc) is 2.40. The predicted octanol–water partition coefficient (Wildman–Crippen LogP) is 1.45. The lowest BCUT2D eigenvalue weighted by molar-refractivity contribution is -0.177. The third-order valence-electron chi connectivity index (χ3n) is 3.58. The molecule has 0 radical (unpaired) electrons. The summed E-state index contributed by atoms with van der Waals surface area (Å²) >= 11 is 0. The number of rotatable bonds is 5. The largest absolute Gasteiger partial charge is 0.465 e. The molecule has 0 unspecified atom stereocenters. The van der Waals surface area contributed by atoms with Gasteiger partial charge < -0.3 is 14.6 Å². The fourth-order valence-corrected chi connectivity index (χ4v) is 2.48. The number of carbonyl (C=O) groups excluding carboxylic acids is 2. The van der Waals surface area contributed by atoms with Crippen molar-refractivity contribution in [2.75, 3.05) is 13.2 Å². The Hall–Kier alpha value is -1.36. The van der Waals surface area contributed by atoms with E-state index in [-0.39, 0.29) is 32.0 Å². The number of aliphatic hydroxyl groups excluding tert-OH is 1. The molecule has 5 nitrogen and oxygen atoms in total. The van der Waals surface area contributed by atoms with Crippen molar-refractivity contribution in [2.24, 2.45) is 11.3 Å². The maximum Gasteiger partial charge on any atom is 0.323 e. The number of hydrogen-bond acceptors (Lipinski definition) is 5. The van der Waals surface area contributed by atoms with Crippen molar-refractivity contribution < 1.29 is 24.2 Å². The smallest absolute Gasteiger partial charge is 0.323 e. The zero-order valence-electron chi connectivity index (χ0n) is 11.6. The van der Waals surface area contributed by atoms with Gasteiger partial charge in [0.25, 0.3) is 0 Å². The van der Waals surface area contributed by atoms with Crippen molar-refractivity contribution >= 4 is 11.9 Å². The minimum atomic E-state index is -1.30. The number of carbonyl (C=O) groups is 2. The summed E-state index contributed by atoms with van der Waals surface area (Å²) in [7, 11) is 0. The summed E-state index contributed by atoms with van der Waals surface area (Å²) in [4.78, 5) is 24.3. The summed E-state index contributed by atoms with van der Waals surface area (Å²) in [6.45, 7) is 7.45. The van der Waals surface area contributed by atoms with Crippen LogP contribution in [0.15, 0.2) is 12.7 Å². The molecule has 19 heavy (non-hydrogen) atoms. The monoisotopic (exact) mass is 270 g/mol. The minimum Gasteiger partial charge on any atom is -0.465 e. The predicted molar refractivity (Wildman–Crippen MR) is 69.2 cm³/mol. The second-order valence-corrected chi connectivity index (χ2v) is 4.73. The molecule has 0 aromatic rings. The lowest BCUT2D eigenvalue weighted by atomic mass is 9.68. The van der Waals surface area contributed by atoms with Crippen molar-refractivity contribution in [3.05, 3.63) is 12.7 Å². The minimum absolute atomic E-state index is 0.190. The molecule has 0 aliphatic heterocycles. The Morgan fingerprint density at radius 1 is 1.32 bits per heavy atom. The second kappa shape index (κ2) is 6.70. The number of hydrogen-bond donors (Lipinski definition) is 1. The Morgan fingerprint density at radius 3 is 2.26 bits per heavy atom. The van der Waals surface area contributed by atoms with E-state index in [1.54, 1.807) is 19.9 Å². The van der Waals surface area contributed by atoms with Gasteiger partial charge in [0.15, 0.2) is 5.41 Å². The molecule has 2 atom stereocenters. The Labute approximate surface area is 113 Å². The molecule has 0 amide bonds. The fourth-order valence-electron chi connectivity index (χ4n) is 2.48. The first-order valence-corrected chi connectivity index (χ1v) is 6.66. The van der Waals surface area contributed by atoms with Gasteiger partial charge in [-0.05, 0) is 33.1 Å². The first-order valence-electron chi connectivity index (χ1n) is 6.66. The fraction of sp³-hybridized carbons (Fsp3) is 0.714. The lowest BCUT2D eigenvalue weighted by Gasteiger charge is -2.38. The SMILES string of the molecule is C=C[C@H]1CC(C(=O)OCC)(C(=O)OCC)CC[C@H]1O. The molecule has 108 valence electrons. The lowest BCUT2D eigenvalue weighted by Crippen LogP contribution is -2.48. The number of ether oxygens (including phenoxy) is 2. The van der Waals surface area contributed by atoms with Gasteiger partial charge in [0.1, 0.15) is 0 Å². The Morgan fingerprint density at radius 2 is 1.84 bits per heavy atom. The molecular weight excluding hydrogens is 248 g/mol. The van der Waals surface area contributed by atoms with E-state index in [1.807, 2.05) is 0 Å². The molecule has 1 saturated carbocycles. The quantitative estimate of drug-likeness (QED) is 0.465. The van der Waals surface area contributed by atoms with E-state index in [2.05, 4.69) is 6.58 Å². The molecular formula is C14H22O5. The molecule has 0 aromatic heterocycles. The van der Waals surface area contributed by atoms with Crippen LogP contribution in [0.2, 0.25) is 0 Å². The molecule has 1 rings (SSSR count). The summed E-state index contributed by atoms with van der Waals surface area (Å²) in [5, 5.41) is 9.85. The van der Waals surface area contributed by atoms with Gasteiger partial charge in [0.2, 0.25) is 0 Å². The molecule has 1 aliphatic carbocycles. The molecule has 0 bridgehead atoms. The molecule has 1 aliphatic rings. The van der Waals surface area contributed by atoms with Crippen LogP contribution in [0.5, 0.6) is 0 Å². The van der Waals surface area contributed by atoms with Crippen LogP contribution in [-0.4, -0.2) is 36.4 Å². The highest BCUT2D eigenvalue weighted by atomic mass is 16.6. The van der Waals surface area contributed by atoms with Gasteiger partial charge in [-0.1, -0.05) is 6.08 Å². The van der Waals surface area contributed by atoms with Gasteiger partial charge in [-0.3, -0.25) is 9.59 Å². The van der Waals surface area contributed by atoms with Gasteiger partial charge >= 0.3 is 11.9 Å². The van der Waals surface area contributed by atoms with E-state index in [4.69, 9.17) is 9.47 Å². The summed E-state index contributed by atoms with van der Waals surface area (Å²) in [6, 6.07) is 0. The van der Waals surface area contributed by atoms with E-state index in [0.717, 1.165) is 0 Å². The van der Waals surface area contributed by atoms with Crippen molar-refractivity contribution in [2.45, 2.75) is 39.2 Å². The van der Waals surface area contributed by atoms with E-state index >= 15 is 0 Å². The number of esters is 2. The highest BCUT2D eigenvalue weighted by molar-refractivity contribution is 6.00. The summed E-state index contributed by atoms with van der Waals surface area (Å²) in [5.41, 5.74) is -1.30. The van der Waals surface area contributed by atoms with Crippen LogP contribution >= 0.6 is 0 Å². The van der Waals surface area contributed by atoms with Gasteiger partial charge in [-0.25, -0.2) is 0 Å². The Bertz CT molecular complexity index is 332. The molecule has 0 saturated heterocycles. The van der Waals surface area contributed by atoms with Crippen LogP contribution in [-0.2, 0) is 19.1 Å². The van der Waals surface area contributed by atoms with Crippen LogP contribution in [0.25, 0.3) is 0 Å². The highest BCUT2D eigenvalue weighted by Gasteiger charge is 2.53. The second-order valence-electron chi connectivity index (χ2n) is 4.73. The first-order chi connectivity index (χ1) is 9.01. The average molecular weight is 270 g/mol. The van der Waals surface area contributed by atoms with Gasteiger partial charge in [0, 0.05) is 5.92 Å². The summed E-state index contributed by atoms with van der Waals surface area (Å²) < 4.78 is 10.0. The summed E-state index contributed by atoms with van der Waals surface area (Å²) in [5.74, 6) is -1.43. The third-order valence-corrected chi connectivity index (χ3v) is 3.58.